The summed E-state index contributed by atoms with van der Waals surface area (Å²) in [4.78, 5) is 15.9. The summed E-state index contributed by atoms with van der Waals surface area (Å²) >= 11 is 5.93. The number of carbonyl (C=O) groups excluding carboxylic acids is 1. The van der Waals surface area contributed by atoms with Crippen LogP contribution in [0, 0.1) is 0 Å². The van der Waals surface area contributed by atoms with Crippen LogP contribution in [0.2, 0.25) is 5.02 Å². The first-order chi connectivity index (χ1) is 8.83. The Balaban J connectivity index is 1.79. The zero-order valence-electron chi connectivity index (χ0n) is 11.4. The lowest BCUT2D eigenvalue weighted by Gasteiger charge is -2.35. The van der Waals surface area contributed by atoms with E-state index >= 15 is 0 Å². The number of rotatable bonds is 2. The third-order valence-electron chi connectivity index (χ3n) is 3.02. The Morgan fingerprint density at radius 3 is 2.74 bits per heavy atom. The lowest BCUT2D eigenvalue weighted by molar-refractivity contribution is 0.0470. The second-order valence-electron chi connectivity index (χ2n) is 5.91. The molecule has 1 heterocycles. The first kappa shape index (κ1) is 14.1. The molecule has 0 radical (unpaired) electrons. The summed E-state index contributed by atoms with van der Waals surface area (Å²) in [5.74, 6) is 0.374. The van der Waals surface area contributed by atoms with E-state index in [4.69, 9.17) is 16.3 Å². The molecular weight excluding hydrogens is 264 g/mol. The van der Waals surface area contributed by atoms with Gasteiger partial charge in [-0.25, -0.2) is 4.79 Å². The number of pyridine rings is 1. The van der Waals surface area contributed by atoms with Crippen LogP contribution >= 0.6 is 11.6 Å². The number of nitrogens with zero attached hydrogens (tertiary/aromatic N) is 1. The maximum absolute atomic E-state index is 11.6. The summed E-state index contributed by atoms with van der Waals surface area (Å²) in [6, 6.07) is 3.82. The molecule has 0 bridgehead atoms. The molecule has 104 valence electrons. The van der Waals surface area contributed by atoms with Crippen molar-refractivity contribution >= 4 is 17.7 Å². The Labute approximate surface area is 118 Å². The number of carbonyl (C=O) groups is 1. The molecule has 1 aliphatic rings. The van der Waals surface area contributed by atoms with Crippen LogP contribution in [0.3, 0.4) is 0 Å². The lowest BCUT2D eigenvalue weighted by Crippen LogP contribution is -2.45. The third-order valence-corrected chi connectivity index (χ3v) is 3.26. The molecule has 1 N–H and O–H groups in total. The van der Waals surface area contributed by atoms with Crippen LogP contribution in [0.15, 0.2) is 18.3 Å². The van der Waals surface area contributed by atoms with Gasteiger partial charge in [0.2, 0.25) is 0 Å². The van der Waals surface area contributed by atoms with Crippen molar-refractivity contribution in [3.63, 3.8) is 0 Å². The topological polar surface area (TPSA) is 51.2 Å². The van der Waals surface area contributed by atoms with E-state index in [9.17, 15) is 4.79 Å². The van der Waals surface area contributed by atoms with E-state index in [-0.39, 0.29) is 12.1 Å². The van der Waals surface area contributed by atoms with Crippen molar-refractivity contribution in [2.75, 3.05) is 0 Å². The van der Waals surface area contributed by atoms with Crippen molar-refractivity contribution in [3.05, 3.63) is 29.0 Å². The number of aromatic nitrogens is 1. The maximum atomic E-state index is 11.6. The molecule has 1 amide bonds. The van der Waals surface area contributed by atoms with Crippen molar-refractivity contribution in [1.82, 2.24) is 10.3 Å². The van der Waals surface area contributed by atoms with Crippen LogP contribution in [0.1, 0.15) is 45.2 Å². The third kappa shape index (κ3) is 4.10. The van der Waals surface area contributed by atoms with Gasteiger partial charge in [-0.15, -0.1) is 0 Å². The van der Waals surface area contributed by atoms with Gasteiger partial charge in [0.25, 0.3) is 0 Å². The minimum atomic E-state index is -0.457. The number of amides is 1. The van der Waals surface area contributed by atoms with Gasteiger partial charge >= 0.3 is 6.09 Å². The summed E-state index contributed by atoms with van der Waals surface area (Å²) in [6.45, 7) is 5.56. The number of halogens is 1. The molecule has 4 nitrogen and oxygen atoms in total. The summed E-state index contributed by atoms with van der Waals surface area (Å²) in [5.41, 5.74) is 0.539. The number of nitrogens with one attached hydrogen (secondary N) is 1. The van der Waals surface area contributed by atoms with Crippen molar-refractivity contribution in [3.8, 4) is 0 Å². The molecule has 0 saturated heterocycles. The van der Waals surface area contributed by atoms with Crippen molar-refractivity contribution in [2.45, 2.75) is 51.2 Å². The number of alkyl carbamates (subject to hydrolysis) is 1. The first-order valence-electron chi connectivity index (χ1n) is 6.44. The molecule has 1 aliphatic carbocycles. The Kier molecular flexibility index (Phi) is 3.99. The summed E-state index contributed by atoms with van der Waals surface area (Å²) in [5, 5.41) is 3.57. The normalized spacial score (nSPS) is 22.5. The van der Waals surface area contributed by atoms with Gasteiger partial charge in [-0.3, -0.25) is 4.98 Å². The van der Waals surface area contributed by atoms with Gasteiger partial charge < -0.3 is 10.1 Å². The highest BCUT2D eigenvalue weighted by molar-refractivity contribution is 6.30. The van der Waals surface area contributed by atoms with Crippen molar-refractivity contribution in [1.29, 1.82) is 0 Å². The summed E-state index contributed by atoms with van der Waals surface area (Å²) < 4.78 is 5.22. The largest absolute Gasteiger partial charge is 0.444 e. The van der Waals surface area contributed by atoms with Crippen LogP contribution < -0.4 is 5.32 Å². The molecule has 5 heteroatoms. The molecule has 0 unspecified atom stereocenters. The van der Waals surface area contributed by atoms with E-state index in [1.54, 1.807) is 12.3 Å². The van der Waals surface area contributed by atoms with E-state index in [1.807, 2.05) is 26.8 Å². The van der Waals surface area contributed by atoms with Crippen LogP contribution in [-0.4, -0.2) is 22.7 Å². The van der Waals surface area contributed by atoms with Gasteiger partial charge in [0.1, 0.15) is 5.60 Å². The lowest BCUT2D eigenvalue weighted by atomic mass is 9.78. The highest BCUT2D eigenvalue weighted by atomic mass is 35.5. The summed E-state index contributed by atoms with van der Waals surface area (Å²) in [6.07, 6.45) is 3.13. The number of ether oxygens (including phenoxy) is 1. The molecule has 1 aromatic heterocycles. The average molecular weight is 283 g/mol. The van der Waals surface area contributed by atoms with E-state index in [0.717, 1.165) is 18.5 Å². The number of hydrogen-bond acceptors (Lipinski definition) is 3. The monoisotopic (exact) mass is 282 g/mol. The van der Waals surface area contributed by atoms with Gasteiger partial charge in [-0.05, 0) is 45.7 Å². The zero-order valence-corrected chi connectivity index (χ0v) is 12.2. The quantitative estimate of drug-likeness (QED) is 0.903. The van der Waals surface area contributed by atoms with Gasteiger partial charge in [0.05, 0.1) is 0 Å². The fraction of sp³-hybridized carbons (Fsp3) is 0.571. The molecule has 1 fully saturated rings. The van der Waals surface area contributed by atoms with Gasteiger partial charge in [0, 0.05) is 28.9 Å². The van der Waals surface area contributed by atoms with E-state index < -0.39 is 5.60 Å². The van der Waals surface area contributed by atoms with Gasteiger partial charge in [-0.1, -0.05) is 11.6 Å². The fourth-order valence-corrected chi connectivity index (χ4v) is 2.26. The van der Waals surface area contributed by atoms with Crippen LogP contribution in [0.5, 0.6) is 0 Å². The van der Waals surface area contributed by atoms with E-state index in [0.29, 0.717) is 10.9 Å². The highest BCUT2D eigenvalue weighted by Gasteiger charge is 2.33. The van der Waals surface area contributed by atoms with Crippen LogP contribution in [-0.2, 0) is 4.74 Å². The molecule has 1 saturated carbocycles. The molecule has 0 aliphatic heterocycles. The molecule has 1 aromatic rings. The Morgan fingerprint density at radius 1 is 1.47 bits per heavy atom. The zero-order chi connectivity index (χ0) is 14.0. The Hall–Kier alpha value is -1.29. The first-order valence-corrected chi connectivity index (χ1v) is 6.82. The molecule has 0 atom stereocenters. The van der Waals surface area contributed by atoms with E-state index in [2.05, 4.69) is 10.3 Å². The second kappa shape index (κ2) is 5.37. The highest BCUT2D eigenvalue weighted by Crippen LogP contribution is 2.36. The van der Waals surface area contributed by atoms with E-state index in [1.165, 1.54) is 0 Å². The average Bonchev–Trinajstić information content (AvgIpc) is 2.20. The minimum absolute atomic E-state index is 0.167. The van der Waals surface area contributed by atoms with Crippen LogP contribution in [0.25, 0.3) is 0 Å². The van der Waals surface area contributed by atoms with Gasteiger partial charge in [-0.2, -0.15) is 0 Å². The predicted molar refractivity (Wildman–Crippen MR) is 74.4 cm³/mol. The maximum Gasteiger partial charge on any atom is 0.407 e. The second-order valence-corrected chi connectivity index (χ2v) is 6.35. The predicted octanol–water partition coefficient (Wildman–Crippen LogP) is 3.51. The van der Waals surface area contributed by atoms with Crippen LogP contribution in [0.4, 0.5) is 4.79 Å². The SMILES string of the molecule is CC(C)(C)OC(=O)NC1CC(c2cc(Cl)ccn2)C1. The Bertz CT molecular complexity index is 465. The standard InChI is InChI=1S/C14H19ClN2O2/c1-14(2,3)19-13(18)17-11-6-9(7-11)12-8-10(15)4-5-16-12/h4-5,8-9,11H,6-7H2,1-3H3,(H,17,18). The minimum Gasteiger partial charge on any atom is -0.444 e. The molecule has 0 aromatic carbocycles. The fourth-order valence-electron chi connectivity index (χ4n) is 2.10. The molecule has 0 spiro atoms. The smallest absolute Gasteiger partial charge is 0.407 e. The molecule has 2 rings (SSSR count). The molecular formula is C14H19ClN2O2. The van der Waals surface area contributed by atoms with Crippen molar-refractivity contribution in [2.24, 2.45) is 0 Å². The van der Waals surface area contributed by atoms with Gasteiger partial charge in [0.15, 0.2) is 0 Å². The molecule has 19 heavy (non-hydrogen) atoms. The Morgan fingerprint density at radius 2 is 2.16 bits per heavy atom. The number of hydrogen-bond donors (Lipinski definition) is 1. The summed E-state index contributed by atoms with van der Waals surface area (Å²) in [7, 11) is 0. The van der Waals surface area contributed by atoms with Crippen molar-refractivity contribution < 1.29 is 9.53 Å².